The van der Waals surface area contributed by atoms with Gasteiger partial charge in [-0.15, -0.1) is 16.4 Å². The maximum absolute atomic E-state index is 12.8. The first kappa shape index (κ1) is 19.6. The lowest BCUT2D eigenvalue weighted by atomic mass is 10.2. The number of methoxy groups -OCH3 is 1. The van der Waals surface area contributed by atoms with Crippen LogP contribution in [0.4, 0.5) is 6.01 Å². The Hall–Kier alpha value is -2.76. The smallest absolute Gasteiger partial charge is 0.322 e. The highest BCUT2D eigenvalue weighted by Gasteiger charge is 2.40. The van der Waals surface area contributed by atoms with Crippen molar-refractivity contribution in [3.8, 4) is 17.2 Å². The molecule has 0 aliphatic carbocycles. The summed E-state index contributed by atoms with van der Waals surface area (Å²) in [6.07, 6.45) is 1.02. The van der Waals surface area contributed by atoms with Crippen molar-refractivity contribution < 1.29 is 22.4 Å². The third kappa shape index (κ3) is 3.88. The summed E-state index contributed by atoms with van der Waals surface area (Å²) < 4.78 is 37.7. The lowest BCUT2D eigenvalue weighted by molar-refractivity contribution is -0.119. The first-order valence-corrected chi connectivity index (χ1v) is 11.1. The molecule has 1 aliphatic rings. The number of ether oxygens (including phenoxy) is 1. The molecule has 1 fully saturated rings. The molecule has 9 nitrogen and oxygen atoms in total. The van der Waals surface area contributed by atoms with Crippen LogP contribution < -0.4 is 10.1 Å². The second-order valence-corrected chi connectivity index (χ2v) is 9.40. The van der Waals surface area contributed by atoms with Crippen LogP contribution in [-0.4, -0.2) is 48.5 Å². The molecule has 2 aromatic heterocycles. The topological polar surface area (TPSA) is 115 Å². The molecule has 1 aliphatic heterocycles. The summed E-state index contributed by atoms with van der Waals surface area (Å²) in [4.78, 5) is 12.7. The van der Waals surface area contributed by atoms with Gasteiger partial charge in [-0.2, -0.15) is 4.31 Å². The number of aromatic nitrogens is 2. The summed E-state index contributed by atoms with van der Waals surface area (Å²) in [7, 11) is -2.17. The molecule has 1 amide bonds. The van der Waals surface area contributed by atoms with Gasteiger partial charge in [-0.1, -0.05) is 17.2 Å². The van der Waals surface area contributed by atoms with Crippen LogP contribution in [0.25, 0.3) is 11.5 Å². The fraction of sp³-hybridized carbons (Fsp3) is 0.278. The highest BCUT2D eigenvalue weighted by atomic mass is 32.2. The van der Waals surface area contributed by atoms with Crippen molar-refractivity contribution in [2.45, 2.75) is 23.1 Å². The van der Waals surface area contributed by atoms with Crippen LogP contribution in [0.3, 0.4) is 0 Å². The predicted octanol–water partition coefficient (Wildman–Crippen LogP) is 2.60. The average molecular weight is 434 g/mol. The number of carbonyl (C=O) groups is 1. The van der Waals surface area contributed by atoms with Crippen LogP contribution in [0.1, 0.15) is 12.8 Å². The van der Waals surface area contributed by atoms with E-state index in [-0.39, 0.29) is 22.7 Å². The normalized spacial score (nSPS) is 17.3. The van der Waals surface area contributed by atoms with E-state index in [9.17, 15) is 13.2 Å². The number of benzene rings is 1. The summed E-state index contributed by atoms with van der Waals surface area (Å²) in [5.74, 6) is 0.351. The Morgan fingerprint density at radius 1 is 1.31 bits per heavy atom. The van der Waals surface area contributed by atoms with E-state index in [2.05, 4.69) is 15.5 Å². The molecule has 4 rings (SSSR count). The van der Waals surface area contributed by atoms with Gasteiger partial charge in [0.2, 0.25) is 11.8 Å². The molecule has 0 bridgehead atoms. The second-order valence-electron chi connectivity index (χ2n) is 6.34. The molecule has 3 aromatic rings. The molecule has 152 valence electrons. The minimum Gasteiger partial charge on any atom is -0.497 e. The number of thiophene rings is 1. The van der Waals surface area contributed by atoms with Gasteiger partial charge in [0, 0.05) is 12.1 Å². The van der Waals surface area contributed by atoms with Crippen LogP contribution in [-0.2, 0) is 14.8 Å². The minimum atomic E-state index is -3.72. The molecule has 3 heterocycles. The summed E-state index contributed by atoms with van der Waals surface area (Å²) in [6.45, 7) is 0.289. The molecular formula is C18H18N4O5S2. The van der Waals surface area contributed by atoms with Gasteiger partial charge in [-0.3, -0.25) is 10.1 Å². The fourth-order valence-corrected chi connectivity index (χ4v) is 5.93. The predicted molar refractivity (Wildman–Crippen MR) is 106 cm³/mol. The van der Waals surface area contributed by atoms with Crippen LogP contribution in [0.2, 0.25) is 0 Å². The molecule has 1 N–H and O–H groups in total. The number of nitrogens with one attached hydrogen (secondary N) is 1. The van der Waals surface area contributed by atoms with E-state index in [1.54, 1.807) is 42.8 Å². The van der Waals surface area contributed by atoms with Crippen LogP contribution >= 0.6 is 11.3 Å². The Bertz CT molecular complexity index is 1110. The van der Waals surface area contributed by atoms with E-state index in [1.807, 2.05) is 0 Å². The minimum absolute atomic E-state index is 0.0896. The quantitative estimate of drug-likeness (QED) is 0.634. The Morgan fingerprint density at radius 3 is 2.93 bits per heavy atom. The van der Waals surface area contributed by atoms with Gasteiger partial charge in [0.25, 0.3) is 10.0 Å². The number of nitrogens with zero attached hydrogens (tertiary/aromatic N) is 3. The lowest BCUT2D eigenvalue weighted by Crippen LogP contribution is -2.42. The van der Waals surface area contributed by atoms with Gasteiger partial charge >= 0.3 is 6.01 Å². The molecule has 0 radical (unpaired) electrons. The molecule has 1 unspecified atom stereocenters. The van der Waals surface area contributed by atoms with Crippen molar-refractivity contribution in [3.63, 3.8) is 0 Å². The number of hydrogen-bond acceptors (Lipinski definition) is 8. The van der Waals surface area contributed by atoms with Gasteiger partial charge in [0.15, 0.2) is 0 Å². The zero-order valence-electron chi connectivity index (χ0n) is 15.4. The second kappa shape index (κ2) is 7.93. The number of anilines is 1. The van der Waals surface area contributed by atoms with Crippen molar-refractivity contribution in [2.75, 3.05) is 19.0 Å². The summed E-state index contributed by atoms with van der Waals surface area (Å²) in [5, 5.41) is 12.0. The zero-order valence-corrected chi connectivity index (χ0v) is 17.1. The summed E-state index contributed by atoms with van der Waals surface area (Å²) in [6, 6.07) is 9.35. The van der Waals surface area contributed by atoms with Gasteiger partial charge in [-0.25, -0.2) is 8.42 Å². The van der Waals surface area contributed by atoms with E-state index in [0.717, 1.165) is 11.3 Å². The zero-order chi connectivity index (χ0) is 20.4. The van der Waals surface area contributed by atoms with Gasteiger partial charge in [0.05, 0.1) is 7.11 Å². The average Bonchev–Trinajstić information content (AvgIpc) is 3.49. The molecule has 0 saturated carbocycles. The fourth-order valence-electron chi connectivity index (χ4n) is 3.15. The largest absolute Gasteiger partial charge is 0.497 e. The van der Waals surface area contributed by atoms with E-state index in [4.69, 9.17) is 9.15 Å². The van der Waals surface area contributed by atoms with Crippen LogP contribution in [0, 0.1) is 0 Å². The standard InChI is InChI=1S/C18H18N4O5S2/c1-26-13-6-2-5-12(11-13)17-20-21-18(27-17)19-16(23)14-7-3-9-22(14)29(24,25)15-8-4-10-28-15/h2,4-6,8,10-11,14H,3,7,9H2,1H3,(H,19,21,23). The number of sulfonamides is 1. The van der Waals surface area contributed by atoms with Crippen molar-refractivity contribution in [1.29, 1.82) is 0 Å². The van der Waals surface area contributed by atoms with Gasteiger partial charge in [0.1, 0.15) is 16.0 Å². The third-order valence-corrected chi connectivity index (χ3v) is 7.82. The summed E-state index contributed by atoms with van der Waals surface area (Å²) in [5.41, 5.74) is 0.639. The third-order valence-electron chi connectivity index (χ3n) is 4.54. The van der Waals surface area contributed by atoms with Crippen LogP contribution in [0.5, 0.6) is 5.75 Å². The highest BCUT2D eigenvalue weighted by Crippen LogP contribution is 2.29. The van der Waals surface area contributed by atoms with E-state index >= 15 is 0 Å². The van der Waals surface area contributed by atoms with Crippen molar-refractivity contribution in [3.05, 3.63) is 41.8 Å². The summed E-state index contributed by atoms with van der Waals surface area (Å²) >= 11 is 1.13. The van der Waals surface area contributed by atoms with E-state index < -0.39 is 22.0 Å². The molecule has 11 heteroatoms. The molecule has 1 atom stereocenters. The SMILES string of the molecule is COc1cccc(-c2nnc(NC(=O)C3CCCN3S(=O)(=O)c3cccs3)o2)c1. The molecular weight excluding hydrogens is 416 g/mol. The number of hydrogen-bond donors (Lipinski definition) is 1. The first-order valence-electron chi connectivity index (χ1n) is 8.83. The maximum atomic E-state index is 12.8. The van der Waals surface area contributed by atoms with E-state index in [1.165, 1.54) is 10.4 Å². The lowest BCUT2D eigenvalue weighted by Gasteiger charge is -2.21. The van der Waals surface area contributed by atoms with Gasteiger partial charge in [-0.05, 0) is 42.5 Å². The molecule has 1 saturated heterocycles. The number of amides is 1. The molecule has 1 aromatic carbocycles. The monoisotopic (exact) mass is 434 g/mol. The first-order chi connectivity index (χ1) is 14.0. The van der Waals surface area contributed by atoms with Crippen molar-refractivity contribution in [2.24, 2.45) is 0 Å². The van der Waals surface area contributed by atoms with E-state index in [0.29, 0.717) is 24.2 Å². The van der Waals surface area contributed by atoms with Crippen molar-refractivity contribution in [1.82, 2.24) is 14.5 Å². The maximum Gasteiger partial charge on any atom is 0.322 e. The Morgan fingerprint density at radius 2 is 2.17 bits per heavy atom. The Kier molecular flexibility index (Phi) is 5.35. The Labute approximate surface area is 171 Å². The van der Waals surface area contributed by atoms with Gasteiger partial charge < -0.3 is 9.15 Å². The molecule has 0 spiro atoms. The van der Waals surface area contributed by atoms with Crippen molar-refractivity contribution >= 4 is 33.3 Å². The highest BCUT2D eigenvalue weighted by molar-refractivity contribution is 7.91. The number of carbonyl (C=O) groups excluding carboxylic acids is 1. The number of rotatable bonds is 6. The molecule has 29 heavy (non-hydrogen) atoms. The van der Waals surface area contributed by atoms with Crippen LogP contribution in [0.15, 0.2) is 50.4 Å². The Balaban J connectivity index is 1.50.